The third-order valence-corrected chi connectivity index (χ3v) is 1.65. The van der Waals surface area contributed by atoms with E-state index in [1.807, 2.05) is 0 Å². The largest absolute Gasteiger partial charge is 0.207 e. The fraction of sp³-hybridized carbons (Fsp3) is 0.143. The van der Waals surface area contributed by atoms with Gasteiger partial charge in [-0.05, 0) is 19.1 Å². The van der Waals surface area contributed by atoms with Crippen LogP contribution in [0.1, 0.15) is 5.56 Å². The summed E-state index contributed by atoms with van der Waals surface area (Å²) >= 11 is 3.77. The molecule has 0 N–H and O–H groups in total. The first-order valence-electron chi connectivity index (χ1n) is 2.76. The molecular formula is C7H6F2S. The van der Waals surface area contributed by atoms with Crippen LogP contribution in [-0.2, 0) is 0 Å². The zero-order valence-electron chi connectivity index (χ0n) is 5.36. The smallest absolute Gasteiger partial charge is 0.142 e. The molecule has 0 aliphatic heterocycles. The highest BCUT2D eigenvalue weighted by atomic mass is 32.1. The summed E-state index contributed by atoms with van der Waals surface area (Å²) < 4.78 is 25.2. The molecule has 0 bridgehead atoms. The topological polar surface area (TPSA) is 0 Å². The van der Waals surface area contributed by atoms with Gasteiger partial charge in [-0.25, -0.2) is 8.78 Å². The third kappa shape index (κ3) is 1.14. The molecule has 0 radical (unpaired) electrons. The lowest BCUT2D eigenvalue weighted by Crippen LogP contribution is -1.88. The van der Waals surface area contributed by atoms with E-state index in [9.17, 15) is 8.78 Å². The molecule has 3 heteroatoms. The Bertz CT molecular complexity index is 231. The number of thiol groups is 1. The standard InChI is InChI=1S/C7H6F2S/c1-4-5(8)2-3-6(10)7(4)9/h2-3,10H,1H3. The highest BCUT2D eigenvalue weighted by molar-refractivity contribution is 7.80. The average Bonchev–Trinajstić information content (AvgIpc) is 1.93. The number of benzene rings is 1. The first-order valence-corrected chi connectivity index (χ1v) is 3.21. The highest BCUT2D eigenvalue weighted by Gasteiger charge is 2.05. The van der Waals surface area contributed by atoms with Crippen molar-refractivity contribution in [3.05, 3.63) is 29.3 Å². The second-order valence-corrected chi connectivity index (χ2v) is 2.49. The average molecular weight is 160 g/mol. The van der Waals surface area contributed by atoms with Crippen molar-refractivity contribution in [3.8, 4) is 0 Å². The molecule has 0 aromatic heterocycles. The van der Waals surface area contributed by atoms with Crippen LogP contribution in [0.4, 0.5) is 8.78 Å². The molecule has 1 aromatic rings. The fourth-order valence-corrected chi connectivity index (χ4v) is 0.889. The Morgan fingerprint density at radius 1 is 1.30 bits per heavy atom. The Morgan fingerprint density at radius 2 is 1.90 bits per heavy atom. The van der Waals surface area contributed by atoms with Crippen molar-refractivity contribution in [2.45, 2.75) is 11.8 Å². The van der Waals surface area contributed by atoms with Crippen LogP contribution < -0.4 is 0 Å². The van der Waals surface area contributed by atoms with Gasteiger partial charge in [0.15, 0.2) is 0 Å². The number of hydrogen-bond donors (Lipinski definition) is 1. The molecule has 0 saturated heterocycles. The van der Waals surface area contributed by atoms with E-state index >= 15 is 0 Å². The predicted molar refractivity (Wildman–Crippen MR) is 38.3 cm³/mol. The van der Waals surface area contributed by atoms with Gasteiger partial charge in [-0.15, -0.1) is 12.6 Å². The Kier molecular flexibility index (Phi) is 1.94. The van der Waals surface area contributed by atoms with Crippen molar-refractivity contribution in [3.63, 3.8) is 0 Å². The lowest BCUT2D eigenvalue weighted by atomic mass is 10.2. The molecule has 0 amide bonds. The van der Waals surface area contributed by atoms with Gasteiger partial charge in [0.05, 0.1) is 0 Å². The van der Waals surface area contributed by atoms with E-state index in [0.29, 0.717) is 0 Å². The maximum atomic E-state index is 12.7. The van der Waals surface area contributed by atoms with Crippen LogP contribution in [0.3, 0.4) is 0 Å². The van der Waals surface area contributed by atoms with Gasteiger partial charge >= 0.3 is 0 Å². The van der Waals surface area contributed by atoms with Crippen molar-refractivity contribution in [2.75, 3.05) is 0 Å². The highest BCUT2D eigenvalue weighted by Crippen LogP contribution is 2.17. The Labute approximate surface area is 63.3 Å². The van der Waals surface area contributed by atoms with E-state index in [0.717, 1.165) is 0 Å². The molecule has 0 unspecified atom stereocenters. The SMILES string of the molecule is Cc1c(F)ccc(S)c1F. The van der Waals surface area contributed by atoms with Crippen molar-refractivity contribution in [1.29, 1.82) is 0 Å². The molecule has 0 atom stereocenters. The van der Waals surface area contributed by atoms with Gasteiger partial charge < -0.3 is 0 Å². The summed E-state index contributed by atoms with van der Waals surface area (Å²) in [5.41, 5.74) is 0.0208. The van der Waals surface area contributed by atoms with E-state index in [1.165, 1.54) is 19.1 Å². The van der Waals surface area contributed by atoms with E-state index in [4.69, 9.17) is 0 Å². The van der Waals surface area contributed by atoms with Crippen LogP contribution in [-0.4, -0.2) is 0 Å². The van der Waals surface area contributed by atoms with Gasteiger partial charge in [0, 0.05) is 10.5 Å². The molecule has 1 aromatic carbocycles. The molecule has 54 valence electrons. The monoisotopic (exact) mass is 160 g/mol. The minimum absolute atomic E-state index is 0.0208. The van der Waals surface area contributed by atoms with Crippen molar-refractivity contribution in [1.82, 2.24) is 0 Å². The molecule has 0 spiro atoms. The lowest BCUT2D eigenvalue weighted by molar-refractivity contribution is 0.551. The first-order chi connectivity index (χ1) is 4.63. The first kappa shape index (κ1) is 7.54. The van der Waals surface area contributed by atoms with Crippen LogP contribution in [0.15, 0.2) is 17.0 Å². The number of rotatable bonds is 0. The zero-order chi connectivity index (χ0) is 7.72. The molecule has 10 heavy (non-hydrogen) atoms. The van der Waals surface area contributed by atoms with Crippen LogP contribution in [0.2, 0.25) is 0 Å². The Morgan fingerprint density at radius 3 is 2.40 bits per heavy atom. The molecule has 1 rings (SSSR count). The number of hydrogen-bond acceptors (Lipinski definition) is 1. The van der Waals surface area contributed by atoms with Crippen LogP contribution >= 0.6 is 12.6 Å². The number of halogens is 2. The van der Waals surface area contributed by atoms with E-state index in [1.54, 1.807) is 0 Å². The quantitative estimate of drug-likeness (QED) is 0.554. The minimum Gasteiger partial charge on any atom is -0.207 e. The van der Waals surface area contributed by atoms with Gasteiger partial charge in [0.25, 0.3) is 0 Å². The molecular weight excluding hydrogens is 154 g/mol. The zero-order valence-corrected chi connectivity index (χ0v) is 6.25. The van der Waals surface area contributed by atoms with Crippen LogP contribution in [0.5, 0.6) is 0 Å². The second-order valence-electron chi connectivity index (χ2n) is 2.01. The molecule has 0 nitrogen and oxygen atoms in total. The van der Waals surface area contributed by atoms with Crippen molar-refractivity contribution in [2.24, 2.45) is 0 Å². The summed E-state index contributed by atoms with van der Waals surface area (Å²) in [5, 5.41) is 0. The van der Waals surface area contributed by atoms with E-state index in [2.05, 4.69) is 12.6 Å². The fourth-order valence-electron chi connectivity index (χ4n) is 0.647. The summed E-state index contributed by atoms with van der Waals surface area (Å²) in [6.45, 7) is 1.38. The van der Waals surface area contributed by atoms with Gasteiger partial charge in [-0.3, -0.25) is 0 Å². The van der Waals surface area contributed by atoms with Gasteiger partial charge in [0.1, 0.15) is 11.6 Å². The molecule has 0 saturated carbocycles. The predicted octanol–water partition coefficient (Wildman–Crippen LogP) is 2.56. The van der Waals surface area contributed by atoms with Gasteiger partial charge in [0.2, 0.25) is 0 Å². The summed E-state index contributed by atoms with van der Waals surface area (Å²) in [6, 6.07) is 2.49. The van der Waals surface area contributed by atoms with E-state index in [-0.39, 0.29) is 10.5 Å². The third-order valence-electron chi connectivity index (χ3n) is 1.30. The lowest BCUT2D eigenvalue weighted by Gasteiger charge is -1.99. The van der Waals surface area contributed by atoms with Crippen LogP contribution in [0.25, 0.3) is 0 Å². The van der Waals surface area contributed by atoms with E-state index < -0.39 is 11.6 Å². The summed E-state index contributed by atoms with van der Waals surface area (Å²) in [4.78, 5) is 0.180. The van der Waals surface area contributed by atoms with Crippen LogP contribution in [0, 0.1) is 18.6 Å². The molecule has 0 heterocycles. The summed E-state index contributed by atoms with van der Waals surface area (Å²) in [7, 11) is 0. The summed E-state index contributed by atoms with van der Waals surface area (Å²) in [5.74, 6) is -1.11. The molecule has 0 fully saturated rings. The Balaban J connectivity index is 3.34. The second kappa shape index (κ2) is 2.58. The minimum atomic E-state index is -0.580. The van der Waals surface area contributed by atoms with Crippen molar-refractivity contribution >= 4 is 12.6 Å². The van der Waals surface area contributed by atoms with Gasteiger partial charge in [-0.2, -0.15) is 0 Å². The maximum absolute atomic E-state index is 12.7. The molecule has 0 aliphatic carbocycles. The van der Waals surface area contributed by atoms with Gasteiger partial charge in [-0.1, -0.05) is 0 Å². The summed E-state index contributed by atoms with van der Waals surface area (Å²) in [6.07, 6.45) is 0. The molecule has 0 aliphatic rings. The van der Waals surface area contributed by atoms with Crippen molar-refractivity contribution < 1.29 is 8.78 Å². The Hall–Kier alpha value is -0.570. The maximum Gasteiger partial charge on any atom is 0.142 e. The normalized spacial score (nSPS) is 10.0.